The Morgan fingerprint density at radius 1 is 1.33 bits per heavy atom. The quantitative estimate of drug-likeness (QED) is 0.728. The molecule has 0 heterocycles. The molecule has 15 heavy (non-hydrogen) atoms. The van der Waals surface area contributed by atoms with Gasteiger partial charge in [0.15, 0.2) is 0 Å². The number of aliphatic hydroxyl groups excluding tert-OH is 1. The Kier molecular flexibility index (Phi) is 4.63. The molecular formula is C13H21NO. The van der Waals surface area contributed by atoms with Crippen LogP contribution in [0.2, 0.25) is 0 Å². The van der Waals surface area contributed by atoms with Crippen LogP contribution in [-0.4, -0.2) is 18.3 Å². The van der Waals surface area contributed by atoms with Gasteiger partial charge in [-0.1, -0.05) is 32.0 Å². The summed E-state index contributed by atoms with van der Waals surface area (Å²) in [7, 11) is 0. The van der Waals surface area contributed by atoms with Crippen LogP contribution in [0, 0.1) is 6.92 Å². The van der Waals surface area contributed by atoms with Gasteiger partial charge < -0.3 is 10.4 Å². The van der Waals surface area contributed by atoms with Crippen molar-refractivity contribution in [2.24, 2.45) is 0 Å². The lowest BCUT2D eigenvalue weighted by Crippen LogP contribution is -2.08. The average Bonchev–Trinajstić information content (AvgIpc) is 2.20. The van der Waals surface area contributed by atoms with Crippen LogP contribution in [0.4, 0.5) is 5.69 Å². The standard InChI is InChI=1S/C13H21NO/c1-10(2)12-7-4-6-11(3)13(12)14-8-5-9-15/h4,6-7,10,14-15H,5,8-9H2,1-3H3. The first-order chi connectivity index (χ1) is 7.16. The van der Waals surface area contributed by atoms with Gasteiger partial charge in [-0.25, -0.2) is 0 Å². The van der Waals surface area contributed by atoms with Crippen molar-refractivity contribution in [3.8, 4) is 0 Å². The molecule has 0 aliphatic carbocycles. The molecule has 0 fully saturated rings. The van der Waals surface area contributed by atoms with Crippen molar-refractivity contribution in [2.45, 2.75) is 33.1 Å². The number of rotatable bonds is 5. The molecule has 0 radical (unpaired) electrons. The fourth-order valence-electron chi connectivity index (χ4n) is 1.71. The Morgan fingerprint density at radius 3 is 2.67 bits per heavy atom. The van der Waals surface area contributed by atoms with Crippen LogP contribution < -0.4 is 5.32 Å². The molecule has 0 aliphatic heterocycles. The monoisotopic (exact) mass is 207 g/mol. The van der Waals surface area contributed by atoms with Crippen molar-refractivity contribution in [1.29, 1.82) is 0 Å². The van der Waals surface area contributed by atoms with Gasteiger partial charge in [0.25, 0.3) is 0 Å². The number of aryl methyl sites for hydroxylation is 1. The van der Waals surface area contributed by atoms with Gasteiger partial charge in [0.2, 0.25) is 0 Å². The topological polar surface area (TPSA) is 32.3 Å². The maximum Gasteiger partial charge on any atom is 0.0447 e. The molecule has 2 N–H and O–H groups in total. The third-order valence-corrected chi connectivity index (χ3v) is 2.56. The van der Waals surface area contributed by atoms with Crippen LogP contribution in [-0.2, 0) is 0 Å². The highest BCUT2D eigenvalue weighted by Crippen LogP contribution is 2.27. The van der Waals surface area contributed by atoms with E-state index in [1.807, 2.05) is 0 Å². The number of hydrogen-bond acceptors (Lipinski definition) is 2. The van der Waals surface area contributed by atoms with E-state index in [-0.39, 0.29) is 6.61 Å². The first-order valence-corrected chi connectivity index (χ1v) is 5.61. The van der Waals surface area contributed by atoms with E-state index in [2.05, 4.69) is 44.3 Å². The lowest BCUT2D eigenvalue weighted by Gasteiger charge is -2.16. The molecule has 1 aromatic carbocycles. The van der Waals surface area contributed by atoms with Gasteiger partial charge in [-0.15, -0.1) is 0 Å². The highest BCUT2D eigenvalue weighted by Gasteiger charge is 2.07. The third kappa shape index (κ3) is 3.24. The molecule has 0 aliphatic rings. The first kappa shape index (κ1) is 12.1. The molecule has 1 aromatic rings. The molecule has 0 unspecified atom stereocenters. The van der Waals surface area contributed by atoms with E-state index < -0.39 is 0 Å². The molecule has 84 valence electrons. The van der Waals surface area contributed by atoms with E-state index in [9.17, 15) is 0 Å². The minimum Gasteiger partial charge on any atom is -0.396 e. The molecule has 0 amide bonds. The summed E-state index contributed by atoms with van der Waals surface area (Å²) in [6.45, 7) is 7.60. The summed E-state index contributed by atoms with van der Waals surface area (Å²) in [5, 5.41) is 12.2. The summed E-state index contributed by atoms with van der Waals surface area (Å²) >= 11 is 0. The molecule has 2 nitrogen and oxygen atoms in total. The molecule has 2 heteroatoms. The van der Waals surface area contributed by atoms with Crippen LogP contribution in [0.25, 0.3) is 0 Å². The van der Waals surface area contributed by atoms with E-state index >= 15 is 0 Å². The summed E-state index contributed by atoms with van der Waals surface area (Å²) in [6, 6.07) is 6.38. The molecule has 0 atom stereocenters. The van der Waals surface area contributed by atoms with Crippen LogP contribution in [0.5, 0.6) is 0 Å². The molecular weight excluding hydrogens is 186 g/mol. The van der Waals surface area contributed by atoms with Crippen molar-refractivity contribution in [3.05, 3.63) is 29.3 Å². The van der Waals surface area contributed by atoms with Crippen LogP contribution in [0.3, 0.4) is 0 Å². The molecule has 0 spiro atoms. The number of anilines is 1. The van der Waals surface area contributed by atoms with E-state index in [0.717, 1.165) is 13.0 Å². The van der Waals surface area contributed by atoms with Crippen LogP contribution in [0.15, 0.2) is 18.2 Å². The van der Waals surface area contributed by atoms with Crippen molar-refractivity contribution >= 4 is 5.69 Å². The highest BCUT2D eigenvalue weighted by atomic mass is 16.3. The van der Waals surface area contributed by atoms with E-state index in [1.54, 1.807) is 0 Å². The Hall–Kier alpha value is -1.02. The normalized spacial score (nSPS) is 10.7. The van der Waals surface area contributed by atoms with Gasteiger partial charge in [0.1, 0.15) is 0 Å². The summed E-state index contributed by atoms with van der Waals surface area (Å²) in [6.07, 6.45) is 0.797. The van der Waals surface area contributed by atoms with Gasteiger partial charge >= 0.3 is 0 Å². The molecule has 1 rings (SSSR count). The smallest absolute Gasteiger partial charge is 0.0447 e. The maximum atomic E-state index is 8.75. The van der Waals surface area contributed by atoms with E-state index in [1.165, 1.54) is 16.8 Å². The van der Waals surface area contributed by atoms with Crippen molar-refractivity contribution in [3.63, 3.8) is 0 Å². The SMILES string of the molecule is Cc1cccc(C(C)C)c1NCCCO. The summed E-state index contributed by atoms with van der Waals surface area (Å²) in [5.74, 6) is 0.529. The highest BCUT2D eigenvalue weighted by molar-refractivity contribution is 5.58. The first-order valence-electron chi connectivity index (χ1n) is 5.61. The Labute approximate surface area is 92.3 Å². The molecule has 0 aromatic heterocycles. The fraction of sp³-hybridized carbons (Fsp3) is 0.538. The minimum atomic E-state index is 0.246. The van der Waals surface area contributed by atoms with Gasteiger partial charge in [-0.3, -0.25) is 0 Å². The Balaban J connectivity index is 2.82. The Bertz CT molecular complexity index is 307. The zero-order valence-electron chi connectivity index (χ0n) is 9.88. The number of aliphatic hydroxyl groups is 1. The number of nitrogens with one attached hydrogen (secondary N) is 1. The van der Waals surface area contributed by atoms with E-state index in [0.29, 0.717) is 5.92 Å². The molecule has 0 bridgehead atoms. The third-order valence-electron chi connectivity index (χ3n) is 2.56. The largest absolute Gasteiger partial charge is 0.396 e. The van der Waals surface area contributed by atoms with Crippen LogP contribution in [0.1, 0.15) is 37.3 Å². The predicted molar refractivity (Wildman–Crippen MR) is 65.5 cm³/mol. The van der Waals surface area contributed by atoms with Crippen molar-refractivity contribution in [1.82, 2.24) is 0 Å². The average molecular weight is 207 g/mol. The minimum absolute atomic E-state index is 0.246. The number of benzene rings is 1. The summed E-state index contributed by atoms with van der Waals surface area (Å²) < 4.78 is 0. The second-order valence-electron chi connectivity index (χ2n) is 4.20. The zero-order chi connectivity index (χ0) is 11.3. The number of hydrogen-bond donors (Lipinski definition) is 2. The van der Waals surface area contributed by atoms with E-state index in [4.69, 9.17) is 5.11 Å². The number of para-hydroxylation sites is 1. The second kappa shape index (κ2) is 5.76. The van der Waals surface area contributed by atoms with Gasteiger partial charge in [0.05, 0.1) is 0 Å². The van der Waals surface area contributed by atoms with Crippen LogP contribution >= 0.6 is 0 Å². The fourth-order valence-corrected chi connectivity index (χ4v) is 1.71. The summed E-state index contributed by atoms with van der Waals surface area (Å²) in [5.41, 5.74) is 3.87. The summed E-state index contributed by atoms with van der Waals surface area (Å²) in [4.78, 5) is 0. The lowest BCUT2D eigenvalue weighted by molar-refractivity contribution is 0.292. The Morgan fingerprint density at radius 2 is 2.07 bits per heavy atom. The molecule has 0 saturated carbocycles. The second-order valence-corrected chi connectivity index (χ2v) is 4.20. The predicted octanol–water partition coefficient (Wildman–Crippen LogP) is 2.91. The maximum absolute atomic E-state index is 8.75. The zero-order valence-corrected chi connectivity index (χ0v) is 9.88. The van der Waals surface area contributed by atoms with Gasteiger partial charge in [-0.2, -0.15) is 0 Å². The van der Waals surface area contributed by atoms with Gasteiger partial charge in [0, 0.05) is 18.8 Å². The molecule has 0 saturated heterocycles. The van der Waals surface area contributed by atoms with Crippen molar-refractivity contribution < 1.29 is 5.11 Å². The van der Waals surface area contributed by atoms with Gasteiger partial charge in [-0.05, 0) is 30.4 Å². The van der Waals surface area contributed by atoms with Crippen molar-refractivity contribution in [2.75, 3.05) is 18.5 Å². The lowest BCUT2D eigenvalue weighted by atomic mass is 9.98.